The van der Waals surface area contributed by atoms with Gasteiger partial charge >= 0.3 is 313 Å². The first-order valence-electron chi connectivity index (χ1n) is 20.1. The van der Waals surface area contributed by atoms with Gasteiger partial charge in [-0.1, -0.05) is 26.7 Å². The molecule has 0 saturated heterocycles. The summed E-state index contributed by atoms with van der Waals surface area (Å²) < 4.78 is 97.0. The molecule has 0 aliphatic heterocycles. The Morgan fingerprint density at radius 1 is 0.544 bits per heavy atom. The van der Waals surface area contributed by atoms with Gasteiger partial charge in [-0.3, -0.25) is 0 Å². The number of nitrogens with zero attached hydrogens (tertiary/aromatic N) is 2. The molecule has 0 atom stereocenters. The fourth-order valence-corrected chi connectivity index (χ4v) is 16.2. The van der Waals surface area contributed by atoms with Crippen molar-refractivity contribution in [1.29, 1.82) is 0 Å². The number of halogens is 4. The molecule has 0 saturated carbocycles. The zero-order chi connectivity index (χ0) is 40.4. The van der Waals surface area contributed by atoms with Crippen molar-refractivity contribution in [1.82, 2.24) is 9.13 Å². The molecule has 2 aliphatic rings. The second kappa shape index (κ2) is 20.3. The maximum absolute atomic E-state index is 17.9. The van der Waals surface area contributed by atoms with E-state index in [2.05, 4.69) is 13.8 Å². The minimum absolute atomic E-state index is 0.0936. The van der Waals surface area contributed by atoms with Gasteiger partial charge in [0.1, 0.15) is 0 Å². The van der Waals surface area contributed by atoms with Crippen LogP contribution in [0.5, 0.6) is 0 Å². The normalized spacial score (nSPS) is 14.0. The molecule has 2 aromatic heterocycles. The summed E-state index contributed by atoms with van der Waals surface area (Å²) in [6.07, 6.45) is 15.6. The first-order valence-corrected chi connectivity index (χ1v) is 23.2. The second-order valence-corrected chi connectivity index (χ2v) is 20.5. The molecule has 2 aliphatic carbocycles. The van der Waals surface area contributed by atoms with E-state index in [1.165, 1.54) is 24.3 Å². The second-order valence-electron chi connectivity index (χ2n) is 14.5. The van der Waals surface area contributed by atoms with Gasteiger partial charge in [-0.05, 0) is 0 Å². The van der Waals surface area contributed by atoms with E-state index < -0.39 is 39.9 Å². The minimum atomic E-state index is -5.16. The van der Waals surface area contributed by atoms with E-state index in [0.717, 1.165) is 25.7 Å². The Labute approximate surface area is 337 Å². The fraction of sp³-hybridized carbons (Fsp3) is 0.391. The van der Waals surface area contributed by atoms with Crippen molar-refractivity contribution in [3.8, 4) is 11.4 Å². The molecule has 2 aromatic carbocycles. The molecule has 6 nitrogen and oxygen atoms in total. The van der Waals surface area contributed by atoms with Gasteiger partial charge in [-0.25, -0.2) is 0 Å². The van der Waals surface area contributed by atoms with Crippen LogP contribution in [0.3, 0.4) is 0 Å². The zero-order valence-corrected chi connectivity index (χ0v) is 35.1. The Morgan fingerprint density at radius 3 is 1.35 bits per heavy atom. The predicted octanol–water partition coefficient (Wildman–Crippen LogP) is 9.90. The van der Waals surface area contributed by atoms with Crippen LogP contribution in [0.2, 0.25) is 0 Å². The van der Waals surface area contributed by atoms with Gasteiger partial charge in [0.15, 0.2) is 0 Å². The molecule has 0 amide bonds. The van der Waals surface area contributed by atoms with Gasteiger partial charge in [0.05, 0.1) is 0 Å². The van der Waals surface area contributed by atoms with Gasteiger partial charge in [0, 0.05) is 0 Å². The number of aromatic nitrogens is 2. The van der Waals surface area contributed by atoms with Gasteiger partial charge in [-0.2, -0.15) is 0 Å². The third kappa shape index (κ3) is 9.12. The fourth-order valence-electron chi connectivity index (χ4n) is 7.93. The summed E-state index contributed by atoms with van der Waals surface area (Å²) in [6.45, 7) is 11.1. The van der Waals surface area contributed by atoms with Crippen molar-refractivity contribution in [3.63, 3.8) is 0 Å². The molecule has 0 spiro atoms. The third-order valence-electron chi connectivity index (χ3n) is 10.7. The molecule has 4 aromatic rings. The molecule has 0 bridgehead atoms. The van der Waals surface area contributed by atoms with Crippen molar-refractivity contribution in [3.05, 3.63) is 139 Å². The van der Waals surface area contributed by atoms with Gasteiger partial charge in [0.25, 0.3) is 0 Å². The summed E-state index contributed by atoms with van der Waals surface area (Å²) >= 11 is -5.16. The SMILES string of the molecule is CCCCOCCOCc1ccc(C)n1-c1ccc(F)[c]([Ti]([C]2=CC=CC2)([C]2=CC=CC2)[c]2c(F)ccc(-n3c(C)ccc3COCCOCCCC)c2F)c1F. The molecular formula is C46H54F4N2O4Ti. The quantitative estimate of drug-likeness (QED) is 0.0450. The van der Waals surface area contributed by atoms with E-state index in [1.54, 1.807) is 9.13 Å². The first kappa shape index (κ1) is 42.8. The first-order chi connectivity index (χ1) is 27.7. The van der Waals surface area contributed by atoms with Crippen LogP contribution in [0.4, 0.5) is 17.6 Å². The molecule has 2 heterocycles. The van der Waals surface area contributed by atoms with Crippen molar-refractivity contribution in [2.75, 3.05) is 39.6 Å². The number of ether oxygens (including phenoxy) is 4. The van der Waals surface area contributed by atoms with Crippen molar-refractivity contribution in [2.45, 2.75) is 79.4 Å². The topological polar surface area (TPSA) is 46.8 Å². The third-order valence-corrected chi connectivity index (χ3v) is 18.7. The standard InChI is InChI=1S/2C18H22F2NO2.2C5H5.Ti/c2*1-3-4-9-22-10-11-23-13-16-7-5-14(2)21(16)18-8-6-15(19)12-17(18)20;2*1-2-4-5-3-1;/h2*5-8H,3-4,9-11,13H2,1-2H3;2*1-3H,4H2;. The molecule has 304 valence electrons. The Hall–Kier alpha value is -3.77. The van der Waals surface area contributed by atoms with Crippen LogP contribution in [0.1, 0.15) is 75.1 Å². The number of unbranched alkanes of at least 4 members (excludes halogenated alkanes) is 2. The maximum atomic E-state index is 17.9. The Bertz CT molecular complexity index is 1980. The number of allylic oxidation sites excluding steroid dienone is 8. The molecule has 6 rings (SSSR count). The van der Waals surface area contributed by atoms with Crippen molar-refractivity contribution < 1.29 is 53.1 Å². The number of rotatable bonds is 22. The van der Waals surface area contributed by atoms with E-state index in [1.807, 2.05) is 74.6 Å². The van der Waals surface area contributed by atoms with Crippen molar-refractivity contribution in [2.24, 2.45) is 0 Å². The molecule has 57 heavy (non-hydrogen) atoms. The van der Waals surface area contributed by atoms with E-state index in [-0.39, 0.29) is 32.3 Å². The van der Waals surface area contributed by atoms with Crippen LogP contribution < -0.4 is 7.74 Å². The summed E-state index contributed by atoms with van der Waals surface area (Å²) in [5.74, 6) is -3.34. The molecule has 0 fully saturated rings. The van der Waals surface area contributed by atoms with Crippen molar-refractivity contribution >= 4 is 7.74 Å². The van der Waals surface area contributed by atoms with E-state index in [9.17, 15) is 0 Å². The predicted molar refractivity (Wildman–Crippen MR) is 215 cm³/mol. The monoisotopic (exact) mass is 822 g/mol. The van der Waals surface area contributed by atoms with Crippen LogP contribution >= 0.6 is 0 Å². The molecule has 0 N–H and O–H groups in total. The van der Waals surface area contributed by atoms with E-state index in [4.69, 9.17) is 18.9 Å². The average Bonchev–Trinajstić information content (AvgIpc) is 4.04. The molecule has 11 heteroatoms. The molecule has 0 unspecified atom stereocenters. The van der Waals surface area contributed by atoms with Gasteiger partial charge in [0.2, 0.25) is 0 Å². The summed E-state index contributed by atoms with van der Waals surface area (Å²) in [5, 5.41) is 0. The number of hydrogen-bond acceptors (Lipinski definition) is 4. The molecular weight excluding hydrogens is 768 g/mol. The summed E-state index contributed by atoms with van der Waals surface area (Å²) in [4.78, 5) is 0. The average molecular weight is 823 g/mol. The van der Waals surface area contributed by atoms with Crippen LogP contribution in [0.25, 0.3) is 11.4 Å². The molecule has 0 radical (unpaired) electrons. The Balaban J connectivity index is 1.47. The zero-order valence-electron chi connectivity index (χ0n) is 33.5. The number of benzene rings is 2. The van der Waals surface area contributed by atoms with Gasteiger partial charge < -0.3 is 0 Å². The van der Waals surface area contributed by atoms with Crippen LogP contribution in [-0.2, 0) is 48.7 Å². The summed E-state index contributed by atoms with van der Waals surface area (Å²) in [7, 11) is 0. The number of hydrogen-bond donors (Lipinski definition) is 0. The van der Waals surface area contributed by atoms with Crippen LogP contribution in [0, 0.1) is 37.1 Å². The van der Waals surface area contributed by atoms with Crippen LogP contribution in [0.15, 0.2) is 92.7 Å². The van der Waals surface area contributed by atoms with Crippen LogP contribution in [-0.4, -0.2) is 48.8 Å². The van der Waals surface area contributed by atoms with E-state index >= 15 is 17.6 Å². The van der Waals surface area contributed by atoms with E-state index in [0.29, 0.717) is 83.0 Å². The van der Waals surface area contributed by atoms with Gasteiger partial charge in [-0.15, -0.1) is 0 Å². The Morgan fingerprint density at radius 2 is 0.965 bits per heavy atom. The Kier molecular flexibility index (Phi) is 15.2. The summed E-state index contributed by atoms with van der Waals surface area (Å²) in [5.41, 5.74) is 2.91. The summed E-state index contributed by atoms with van der Waals surface area (Å²) in [6, 6.07) is 12.7. The number of aryl methyl sites for hydroxylation is 2.